The molecule has 2 N–H and O–H groups in total. The molecule has 0 heterocycles. The Balaban J connectivity index is 1.78. The highest BCUT2D eigenvalue weighted by molar-refractivity contribution is 7.80. The highest BCUT2D eigenvalue weighted by Crippen LogP contribution is 2.26. The topological polar surface area (TPSA) is 59.6 Å². The van der Waals surface area contributed by atoms with Crippen LogP contribution in [0.4, 0.5) is 5.69 Å². The minimum absolute atomic E-state index is 0.193. The average molecular weight is 366 g/mol. The van der Waals surface area contributed by atoms with Crippen molar-refractivity contribution in [3.05, 3.63) is 66.2 Å². The first kappa shape index (κ1) is 17.7. The van der Waals surface area contributed by atoms with Crippen LogP contribution in [0.2, 0.25) is 0 Å². The zero-order chi connectivity index (χ0) is 18.5. The smallest absolute Gasteiger partial charge is 0.261 e. The van der Waals surface area contributed by atoms with E-state index in [4.69, 9.17) is 21.7 Å². The molecule has 0 saturated heterocycles. The number of ether oxygens (including phenoxy) is 2. The molecule has 0 saturated carbocycles. The molecule has 3 rings (SSSR count). The fourth-order valence-electron chi connectivity index (χ4n) is 2.60. The molecule has 1 amide bonds. The van der Waals surface area contributed by atoms with Crippen molar-refractivity contribution in [1.29, 1.82) is 0 Å². The molecule has 0 unspecified atom stereocenters. The summed E-state index contributed by atoms with van der Waals surface area (Å²) in [7, 11) is 3.12. The van der Waals surface area contributed by atoms with E-state index >= 15 is 0 Å². The Morgan fingerprint density at radius 1 is 0.923 bits per heavy atom. The Labute approximate surface area is 156 Å². The number of anilines is 1. The number of hydrogen-bond acceptors (Lipinski definition) is 4. The van der Waals surface area contributed by atoms with Crippen LogP contribution in [-0.2, 0) is 0 Å². The summed E-state index contributed by atoms with van der Waals surface area (Å²) in [5, 5.41) is 7.79. The molecule has 0 aliphatic carbocycles. The molecule has 6 heteroatoms. The molecule has 26 heavy (non-hydrogen) atoms. The van der Waals surface area contributed by atoms with Crippen molar-refractivity contribution in [2.75, 3.05) is 19.5 Å². The Morgan fingerprint density at radius 3 is 2.35 bits per heavy atom. The molecule has 132 valence electrons. The van der Waals surface area contributed by atoms with E-state index in [1.165, 1.54) is 7.11 Å². The molecule has 0 aliphatic heterocycles. The van der Waals surface area contributed by atoms with Crippen LogP contribution in [-0.4, -0.2) is 25.2 Å². The lowest BCUT2D eigenvalue weighted by Gasteiger charge is -2.13. The normalized spacial score (nSPS) is 10.2. The summed E-state index contributed by atoms with van der Waals surface area (Å²) in [5.41, 5.74) is 1.14. The number of fused-ring (bicyclic) bond motifs is 1. The van der Waals surface area contributed by atoms with Crippen molar-refractivity contribution in [2.24, 2.45) is 0 Å². The molecule has 5 nitrogen and oxygen atoms in total. The fourth-order valence-corrected chi connectivity index (χ4v) is 2.81. The van der Waals surface area contributed by atoms with Gasteiger partial charge in [-0.05, 0) is 47.3 Å². The highest BCUT2D eigenvalue weighted by Gasteiger charge is 2.15. The van der Waals surface area contributed by atoms with Crippen LogP contribution in [0, 0.1) is 0 Å². The first-order valence-electron chi connectivity index (χ1n) is 7.94. The number of thiocarbonyl (C=S) groups is 1. The van der Waals surface area contributed by atoms with Gasteiger partial charge in [-0.15, -0.1) is 0 Å². The zero-order valence-corrected chi connectivity index (χ0v) is 15.2. The number of carbonyl (C=O) groups is 1. The number of benzene rings is 3. The molecular formula is C20H18N2O3S. The predicted molar refractivity (Wildman–Crippen MR) is 107 cm³/mol. The zero-order valence-electron chi connectivity index (χ0n) is 14.4. The number of nitrogens with one attached hydrogen (secondary N) is 2. The maximum absolute atomic E-state index is 12.6. The van der Waals surface area contributed by atoms with Gasteiger partial charge in [0.15, 0.2) is 5.11 Å². The number of rotatable bonds is 4. The van der Waals surface area contributed by atoms with E-state index < -0.39 is 0 Å². The van der Waals surface area contributed by atoms with Gasteiger partial charge in [0.25, 0.3) is 5.91 Å². The Bertz CT molecular complexity index is 972. The Hall–Kier alpha value is -3.12. The highest BCUT2D eigenvalue weighted by atomic mass is 32.1. The van der Waals surface area contributed by atoms with Gasteiger partial charge in [0, 0.05) is 11.8 Å². The summed E-state index contributed by atoms with van der Waals surface area (Å²) < 4.78 is 10.5. The lowest BCUT2D eigenvalue weighted by atomic mass is 10.1. The minimum atomic E-state index is -0.340. The standard InChI is InChI=1S/C20H18N2O3S/c1-24-16-9-5-8-15(12-16)21-20(26)22-19(23)17-10-13-6-3-4-7-14(13)11-18(17)25-2/h3-12H,1-2H3,(H2,21,22,23,26). The van der Waals surface area contributed by atoms with Gasteiger partial charge in [-0.1, -0.05) is 30.3 Å². The average Bonchev–Trinajstić information content (AvgIpc) is 2.66. The summed E-state index contributed by atoms with van der Waals surface area (Å²) in [4.78, 5) is 12.6. The second kappa shape index (κ2) is 7.84. The number of carbonyl (C=O) groups excluding carboxylic acids is 1. The maximum Gasteiger partial charge on any atom is 0.261 e. The Kier molecular flexibility index (Phi) is 5.34. The van der Waals surface area contributed by atoms with Gasteiger partial charge < -0.3 is 14.8 Å². The second-order valence-corrected chi connectivity index (χ2v) is 5.95. The first-order chi connectivity index (χ1) is 12.6. The lowest BCUT2D eigenvalue weighted by Crippen LogP contribution is -2.34. The van der Waals surface area contributed by atoms with E-state index in [1.54, 1.807) is 19.2 Å². The largest absolute Gasteiger partial charge is 0.497 e. The SMILES string of the molecule is COc1cccc(NC(=S)NC(=O)c2cc3ccccc3cc2OC)c1. The number of hydrogen-bond donors (Lipinski definition) is 2. The van der Waals surface area contributed by atoms with Gasteiger partial charge in [0.2, 0.25) is 0 Å². The molecule has 3 aromatic rings. The first-order valence-corrected chi connectivity index (χ1v) is 8.34. The third-order valence-corrected chi connectivity index (χ3v) is 4.07. The van der Waals surface area contributed by atoms with Crippen molar-refractivity contribution in [3.8, 4) is 11.5 Å². The van der Waals surface area contributed by atoms with Crippen molar-refractivity contribution >= 4 is 39.7 Å². The van der Waals surface area contributed by atoms with E-state index in [9.17, 15) is 4.79 Å². The van der Waals surface area contributed by atoms with Crippen molar-refractivity contribution in [3.63, 3.8) is 0 Å². The van der Waals surface area contributed by atoms with Gasteiger partial charge in [-0.25, -0.2) is 0 Å². The van der Waals surface area contributed by atoms with Crippen LogP contribution in [0.1, 0.15) is 10.4 Å². The van der Waals surface area contributed by atoms with Gasteiger partial charge in [0.05, 0.1) is 19.8 Å². The van der Waals surface area contributed by atoms with Crippen LogP contribution >= 0.6 is 12.2 Å². The molecule has 0 atom stereocenters. The molecular weight excluding hydrogens is 348 g/mol. The van der Waals surface area contributed by atoms with Crippen molar-refractivity contribution < 1.29 is 14.3 Å². The van der Waals surface area contributed by atoms with E-state index in [0.717, 1.165) is 16.5 Å². The lowest BCUT2D eigenvalue weighted by molar-refractivity contribution is 0.0975. The van der Waals surface area contributed by atoms with Crippen LogP contribution in [0.25, 0.3) is 10.8 Å². The van der Waals surface area contributed by atoms with Crippen LogP contribution in [0.15, 0.2) is 60.7 Å². The number of methoxy groups -OCH3 is 2. The van der Waals surface area contributed by atoms with Gasteiger partial charge in [0.1, 0.15) is 11.5 Å². The molecule has 0 aromatic heterocycles. The summed E-state index contributed by atoms with van der Waals surface area (Å²) in [6.07, 6.45) is 0. The molecule has 0 fully saturated rings. The predicted octanol–water partition coefficient (Wildman–Crippen LogP) is 3.98. The van der Waals surface area contributed by atoms with Gasteiger partial charge in [-0.3, -0.25) is 10.1 Å². The second-order valence-electron chi connectivity index (χ2n) is 5.54. The summed E-state index contributed by atoms with van der Waals surface area (Å²) in [6.45, 7) is 0. The Morgan fingerprint density at radius 2 is 1.65 bits per heavy atom. The summed E-state index contributed by atoms with van der Waals surface area (Å²) >= 11 is 5.24. The van der Waals surface area contributed by atoms with Crippen LogP contribution in [0.3, 0.4) is 0 Å². The van der Waals surface area contributed by atoms with Crippen LogP contribution < -0.4 is 20.1 Å². The van der Waals surface area contributed by atoms with Crippen molar-refractivity contribution in [2.45, 2.75) is 0 Å². The van der Waals surface area contributed by atoms with Crippen LogP contribution in [0.5, 0.6) is 11.5 Å². The van der Waals surface area contributed by atoms with E-state index in [2.05, 4.69) is 10.6 Å². The monoisotopic (exact) mass is 366 g/mol. The molecule has 0 aliphatic rings. The van der Waals surface area contributed by atoms with E-state index in [0.29, 0.717) is 17.1 Å². The molecule has 3 aromatic carbocycles. The summed E-state index contributed by atoms with van der Waals surface area (Å²) in [6, 6.07) is 18.7. The maximum atomic E-state index is 12.6. The minimum Gasteiger partial charge on any atom is -0.497 e. The molecule has 0 radical (unpaired) electrons. The van der Waals surface area contributed by atoms with E-state index in [-0.39, 0.29) is 11.0 Å². The van der Waals surface area contributed by atoms with Gasteiger partial charge >= 0.3 is 0 Å². The fraction of sp³-hybridized carbons (Fsp3) is 0.100. The number of amides is 1. The third-order valence-electron chi connectivity index (χ3n) is 3.87. The summed E-state index contributed by atoms with van der Waals surface area (Å²) in [5.74, 6) is 0.846. The molecule has 0 bridgehead atoms. The van der Waals surface area contributed by atoms with E-state index in [1.807, 2.05) is 48.5 Å². The quantitative estimate of drug-likeness (QED) is 0.684. The van der Waals surface area contributed by atoms with Crippen molar-refractivity contribution in [1.82, 2.24) is 5.32 Å². The third kappa shape index (κ3) is 3.92. The molecule has 0 spiro atoms. The van der Waals surface area contributed by atoms with Gasteiger partial charge in [-0.2, -0.15) is 0 Å².